The summed E-state index contributed by atoms with van der Waals surface area (Å²) in [4.78, 5) is 27.5. The minimum atomic E-state index is -0.194. The van der Waals surface area contributed by atoms with Crippen LogP contribution in [0.3, 0.4) is 0 Å². The molecule has 1 aliphatic rings. The summed E-state index contributed by atoms with van der Waals surface area (Å²) in [7, 11) is 0. The number of nitrogens with one attached hydrogen (secondary N) is 1. The van der Waals surface area contributed by atoms with Gasteiger partial charge in [0.2, 0.25) is 5.91 Å². The highest BCUT2D eigenvalue weighted by Crippen LogP contribution is 2.30. The van der Waals surface area contributed by atoms with E-state index in [9.17, 15) is 9.59 Å². The van der Waals surface area contributed by atoms with Crippen molar-refractivity contribution in [3.63, 3.8) is 0 Å². The lowest BCUT2D eigenvalue weighted by atomic mass is 10.0. The lowest BCUT2D eigenvalue weighted by Gasteiger charge is -2.06. The highest BCUT2D eigenvalue weighted by Gasteiger charge is 2.22. The second kappa shape index (κ2) is 4.48. The molecular formula is C14H9ClN2O2. The molecule has 0 spiro atoms. The van der Waals surface area contributed by atoms with Crippen LogP contribution in [0.1, 0.15) is 21.5 Å². The maximum absolute atomic E-state index is 12.3. The van der Waals surface area contributed by atoms with Gasteiger partial charge in [0.15, 0.2) is 5.78 Å². The molecular weight excluding hydrogens is 264 g/mol. The van der Waals surface area contributed by atoms with E-state index in [-0.39, 0.29) is 18.1 Å². The first-order valence-electron chi connectivity index (χ1n) is 5.72. The van der Waals surface area contributed by atoms with Crippen LogP contribution in [0.4, 0.5) is 5.69 Å². The van der Waals surface area contributed by atoms with E-state index in [0.717, 1.165) is 5.56 Å². The number of fused-ring (bicyclic) bond motifs is 1. The van der Waals surface area contributed by atoms with E-state index in [1.165, 1.54) is 6.20 Å². The SMILES string of the molecule is O=C1Cc2cc(C(=O)c3cccnc3)c(Cl)cc2N1. The number of hydrogen-bond donors (Lipinski definition) is 1. The number of aromatic nitrogens is 1. The molecule has 0 radical (unpaired) electrons. The summed E-state index contributed by atoms with van der Waals surface area (Å²) in [5.74, 6) is -0.280. The van der Waals surface area contributed by atoms with Crippen molar-refractivity contribution in [1.82, 2.24) is 4.98 Å². The van der Waals surface area contributed by atoms with Crippen LogP contribution in [0, 0.1) is 0 Å². The van der Waals surface area contributed by atoms with Gasteiger partial charge >= 0.3 is 0 Å². The Labute approximate surface area is 114 Å². The minimum Gasteiger partial charge on any atom is -0.325 e. The van der Waals surface area contributed by atoms with Crippen molar-refractivity contribution in [3.8, 4) is 0 Å². The number of anilines is 1. The minimum absolute atomic E-state index is 0.0861. The van der Waals surface area contributed by atoms with Gasteiger partial charge < -0.3 is 5.32 Å². The van der Waals surface area contributed by atoms with Crippen molar-refractivity contribution in [3.05, 3.63) is 58.4 Å². The number of hydrogen-bond acceptors (Lipinski definition) is 3. The van der Waals surface area contributed by atoms with Gasteiger partial charge in [0.05, 0.1) is 11.4 Å². The Hall–Kier alpha value is -2.20. The summed E-state index contributed by atoms with van der Waals surface area (Å²) < 4.78 is 0. The van der Waals surface area contributed by atoms with E-state index in [4.69, 9.17) is 11.6 Å². The number of rotatable bonds is 2. The summed E-state index contributed by atoms with van der Waals surface area (Å²) in [6, 6.07) is 6.66. The molecule has 0 bridgehead atoms. The lowest BCUT2D eigenvalue weighted by molar-refractivity contribution is -0.115. The fourth-order valence-electron chi connectivity index (χ4n) is 2.07. The van der Waals surface area contributed by atoms with E-state index < -0.39 is 0 Å². The van der Waals surface area contributed by atoms with Gasteiger partial charge in [-0.05, 0) is 29.8 Å². The van der Waals surface area contributed by atoms with Gasteiger partial charge in [-0.1, -0.05) is 11.6 Å². The van der Waals surface area contributed by atoms with Gasteiger partial charge in [0.25, 0.3) is 0 Å². The molecule has 0 fully saturated rings. The van der Waals surface area contributed by atoms with Crippen LogP contribution < -0.4 is 5.32 Å². The molecule has 2 aromatic rings. The molecule has 5 heteroatoms. The maximum Gasteiger partial charge on any atom is 0.228 e. The van der Waals surface area contributed by atoms with Gasteiger partial charge in [-0.25, -0.2) is 0 Å². The van der Waals surface area contributed by atoms with Crippen LogP contribution in [-0.2, 0) is 11.2 Å². The Bertz CT molecular complexity index is 683. The van der Waals surface area contributed by atoms with Crippen LogP contribution in [-0.4, -0.2) is 16.7 Å². The van der Waals surface area contributed by atoms with Crippen LogP contribution in [0.15, 0.2) is 36.7 Å². The van der Waals surface area contributed by atoms with Gasteiger partial charge in [-0.15, -0.1) is 0 Å². The Balaban J connectivity index is 2.05. The molecule has 19 heavy (non-hydrogen) atoms. The lowest BCUT2D eigenvalue weighted by Crippen LogP contribution is -2.03. The monoisotopic (exact) mass is 272 g/mol. The number of carbonyl (C=O) groups is 2. The summed E-state index contributed by atoms with van der Waals surface area (Å²) >= 11 is 6.11. The van der Waals surface area contributed by atoms with Crippen molar-refractivity contribution in [2.45, 2.75) is 6.42 Å². The molecule has 3 rings (SSSR count). The van der Waals surface area contributed by atoms with E-state index >= 15 is 0 Å². The van der Waals surface area contributed by atoms with E-state index in [1.54, 1.807) is 30.5 Å². The first-order chi connectivity index (χ1) is 9.15. The zero-order chi connectivity index (χ0) is 13.4. The highest BCUT2D eigenvalue weighted by atomic mass is 35.5. The highest BCUT2D eigenvalue weighted by molar-refractivity contribution is 6.35. The third kappa shape index (κ3) is 2.11. The Kier molecular flexibility index (Phi) is 2.80. The Morgan fingerprint density at radius 1 is 1.37 bits per heavy atom. The molecule has 0 saturated carbocycles. The number of nitrogens with zero attached hydrogens (tertiary/aromatic N) is 1. The number of halogens is 1. The van der Waals surface area contributed by atoms with Crippen molar-refractivity contribution in [2.24, 2.45) is 0 Å². The zero-order valence-corrected chi connectivity index (χ0v) is 10.6. The average molecular weight is 273 g/mol. The largest absolute Gasteiger partial charge is 0.325 e. The van der Waals surface area contributed by atoms with Gasteiger partial charge in [0.1, 0.15) is 0 Å². The molecule has 1 amide bonds. The van der Waals surface area contributed by atoms with Crippen LogP contribution >= 0.6 is 11.6 Å². The van der Waals surface area contributed by atoms with Crippen molar-refractivity contribution >= 4 is 29.0 Å². The number of ketones is 1. The molecule has 0 aliphatic carbocycles. The fraction of sp³-hybridized carbons (Fsp3) is 0.0714. The molecule has 1 aliphatic heterocycles. The number of benzene rings is 1. The molecule has 0 unspecified atom stereocenters. The first kappa shape index (κ1) is 11.9. The predicted molar refractivity (Wildman–Crippen MR) is 71.5 cm³/mol. The predicted octanol–water partition coefficient (Wildman–Crippen LogP) is 2.46. The third-order valence-electron chi connectivity index (χ3n) is 2.99. The smallest absolute Gasteiger partial charge is 0.228 e. The second-order valence-electron chi connectivity index (χ2n) is 4.28. The molecule has 1 aromatic heterocycles. The third-order valence-corrected chi connectivity index (χ3v) is 3.30. The Morgan fingerprint density at radius 3 is 2.95 bits per heavy atom. The van der Waals surface area contributed by atoms with E-state index in [0.29, 0.717) is 21.8 Å². The van der Waals surface area contributed by atoms with Crippen LogP contribution in [0.25, 0.3) is 0 Å². The van der Waals surface area contributed by atoms with Crippen LogP contribution in [0.2, 0.25) is 5.02 Å². The van der Waals surface area contributed by atoms with Crippen molar-refractivity contribution < 1.29 is 9.59 Å². The second-order valence-corrected chi connectivity index (χ2v) is 4.69. The summed E-state index contributed by atoms with van der Waals surface area (Å²) in [6.07, 6.45) is 3.37. The number of carbonyl (C=O) groups excluding carboxylic acids is 2. The van der Waals surface area contributed by atoms with Gasteiger partial charge in [-0.3, -0.25) is 14.6 Å². The van der Waals surface area contributed by atoms with Gasteiger partial charge in [-0.2, -0.15) is 0 Å². The summed E-state index contributed by atoms with van der Waals surface area (Å²) in [6.45, 7) is 0. The summed E-state index contributed by atoms with van der Waals surface area (Å²) in [5.41, 5.74) is 2.34. The molecule has 0 saturated heterocycles. The number of amides is 1. The Morgan fingerprint density at radius 2 is 2.21 bits per heavy atom. The van der Waals surface area contributed by atoms with Crippen LogP contribution in [0.5, 0.6) is 0 Å². The van der Waals surface area contributed by atoms with Crippen molar-refractivity contribution in [1.29, 1.82) is 0 Å². The molecule has 1 aromatic carbocycles. The molecule has 2 heterocycles. The molecule has 1 N–H and O–H groups in total. The average Bonchev–Trinajstić information content (AvgIpc) is 2.77. The summed E-state index contributed by atoms with van der Waals surface area (Å²) in [5, 5.41) is 3.03. The van der Waals surface area contributed by atoms with E-state index in [1.807, 2.05) is 0 Å². The quantitative estimate of drug-likeness (QED) is 0.855. The van der Waals surface area contributed by atoms with Crippen molar-refractivity contribution in [2.75, 3.05) is 5.32 Å². The fourth-order valence-corrected chi connectivity index (χ4v) is 2.32. The normalized spacial score (nSPS) is 13.0. The topological polar surface area (TPSA) is 59.1 Å². The maximum atomic E-state index is 12.3. The number of pyridine rings is 1. The zero-order valence-electron chi connectivity index (χ0n) is 9.81. The standard InChI is InChI=1S/C14H9ClN2O2/c15-11-6-12-9(5-13(18)17-12)4-10(11)14(19)8-2-1-3-16-7-8/h1-4,6-7H,5H2,(H,17,18). The molecule has 4 nitrogen and oxygen atoms in total. The molecule has 0 atom stereocenters. The van der Waals surface area contributed by atoms with Gasteiger partial charge in [0, 0.05) is 29.2 Å². The molecule has 94 valence electrons. The first-order valence-corrected chi connectivity index (χ1v) is 6.10. The van der Waals surface area contributed by atoms with E-state index in [2.05, 4.69) is 10.3 Å².